The summed E-state index contributed by atoms with van der Waals surface area (Å²) in [7, 11) is 0. The molecule has 0 aromatic carbocycles. The Kier molecular flexibility index (Phi) is 8.00. The first-order valence-corrected chi connectivity index (χ1v) is 8.80. The second-order valence-electron chi connectivity index (χ2n) is 5.59. The van der Waals surface area contributed by atoms with E-state index in [2.05, 4.69) is 9.88 Å². The number of allylic oxidation sites excluding steroid dienone is 4. The van der Waals surface area contributed by atoms with E-state index in [9.17, 15) is 13.2 Å². The summed E-state index contributed by atoms with van der Waals surface area (Å²) >= 11 is 0. The Morgan fingerprint density at radius 1 is 1.08 bits per heavy atom. The molecular formula is C19H28F3N3. The molecule has 2 heterocycles. The van der Waals surface area contributed by atoms with E-state index in [0.29, 0.717) is 0 Å². The number of nitrogens with zero attached hydrogens (tertiary/aromatic N) is 2. The Morgan fingerprint density at radius 3 is 2.16 bits per heavy atom. The lowest BCUT2D eigenvalue weighted by Crippen LogP contribution is -2.29. The molecule has 0 radical (unpaired) electrons. The van der Waals surface area contributed by atoms with Crippen LogP contribution in [0.5, 0.6) is 0 Å². The highest BCUT2D eigenvalue weighted by Crippen LogP contribution is 2.37. The second kappa shape index (κ2) is 9.49. The first-order chi connectivity index (χ1) is 11.9. The molecule has 0 aliphatic carbocycles. The summed E-state index contributed by atoms with van der Waals surface area (Å²) in [6.07, 6.45) is 1.42. The fourth-order valence-corrected chi connectivity index (χ4v) is 2.92. The van der Waals surface area contributed by atoms with Gasteiger partial charge in [0, 0.05) is 30.4 Å². The monoisotopic (exact) mass is 355 g/mol. The summed E-state index contributed by atoms with van der Waals surface area (Å²) in [6.45, 7) is 8.74. The van der Waals surface area contributed by atoms with Crippen molar-refractivity contribution in [2.24, 2.45) is 0 Å². The van der Waals surface area contributed by atoms with E-state index in [0.717, 1.165) is 37.7 Å². The molecule has 1 fully saturated rings. The zero-order chi connectivity index (χ0) is 19.0. The van der Waals surface area contributed by atoms with Gasteiger partial charge >= 0.3 is 6.18 Å². The molecule has 0 bridgehead atoms. The van der Waals surface area contributed by atoms with Crippen molar-refractivity contribution in [2.45, 2.75) is 53.1 Å². The lowest BCUT2D eigenvalue weighted by molar-refractivity contribution is -0.0872. The van der Waals surface area contributed by atoms with Crippen molar-refractivity contribution in [3.05, 3.63) is 35.6 Å². The predicted octanol–water partition coefficient (Wildman–Crippen LogP) is 5.59. The van der Waals surface area contributed by atoms with Crippen molar-refractivity contribution in [3.63, 3.8) is 0 Å². The van der Waals surface area contributed by atoms with E-state index >= 15 is 0 Å². The third-order valence-electron chi connectivity index (χ3n) is 4.00. The number of piperidine rings is 1. The molecule has 0 saturated carbocycles. The number of rotatable bonds is 3. The van der Waals surface area contributed by atoms with Crippen molar-refractivity contribution in [1.82, 2.24) is 4.98 Å². The maximum Gasteiger partial charge on any atom is 0.416 e. The van der Waals surface area contributed by atoms with E-state index in [1.807, 2.05) is 13.8 Å². The van der Waals surface area contributed by atoms with Crippen molar-refractivity contribution in [3.8, 4) is 0 Å². The summed E-state index contributed by atoms with van der Waals surface area (Å²) < 4.78 is 39.7. The molecule has 1 aliphatic rings. The van der Waals surface area contributed by atoms with Crippen LogP contribution in [-0.2, 0) is 0 Å². The quantitative estimate of drug-likeness (QED) is 0.719. The third-order valence-corrected chi connectivity index (χ3v) is 4.00. The Morgan fingerprint density at radius 2 is 1.68 bits per heavy atom. The number of halogens is 3. The number of hydrogen-bond donors (Lipinski definition) is 1. The van der Waals surface area contributed by atoms with Crippen LogP contribution in [-0.4, -0.2) is 24.2 Å². The molecule has 0 spiro atoms. The number of anilines is 2. The van der Waals surface area contributed by atoms with Gasteiger partial charge in [-0.2, -0.15) is 13.2 Å². The van der Waals surface area contributed by atoms with Gasteiger partial charge < -0.3 is 10.6 Å². The molecule has 1 aliphatic heterocycles. The highest BCUT2D eigenvalue weighted by molar-refractivity contribution is 5.80. The summed E-state index contributed by atoms with van der Waals surface area (Å²) in [5.41, 5.74) is 6.31. The average molecular weight is 355 g/mol. The van der Waals surface area contributed by atoms with Gasteiger partial charge in [0.15, 0.2) is 0 Å². The van der Waals surface area contributed by atoms with Crippen LogP contribution in [0.1, 0.15) is 52.7 Å². The molecule has 3 nitrogen and oxygen atoms in total. The maximum atomic E-state index is 13.2. The Hall–Kier alpha value is -1.98. The van der Waals surface area contributed by atoms with Gasteiger partial charge in [-0.15, -0.1) is 0 Å². The molecule has 2 rings (SSSR count). The zero-order valence-corrected chi connectivity index (χ0v) is 15.5. The number of alkyl halides is 3. The molecule has 1 saturated heterocycles. The topological polar surface area (TPSA) is 42.1 Å². The largest absolute Gasteiger partial charge is 0.416 e. The van der Waals surface area contributed by atoms with Crippen LogP contribution in [0.25, 0.3) is 5.57 Å². The molecular weight excluding hydrogens is 327 g/mol. The Bertz CT molecular complexity index is 613. The minimum absolute atomic E-state index is 0.0607. The van der Waals surface area contributed by atoms with Crippen molar-refractivity contribution in [2.75, 3.05) is 23.7 Å². The van der Waals surface area contributed by atoms with Gasteiger partial charge in [-0.1, -0.05) is 26.0 Å². The minimum atomic E-state index is -4.42. The standard InChI is InChI=1S/C17H22F3N3.C2H6/c1-3-13(14(4-2)17(18,19)20)15-10-12(11-16(21)22-15)23-8-6-5-7-9-23;1-2/h3-4,10-11H,5-9H2,1-2H3,(H2,21,22);1-2H3/b13-3+,14-4+;. The molecule has 1 aromatic heterocycles. The molecule has 140 valence electrons. The van der Waals surface area contributed by atoms with Crippen LogP contribution in [0.15, 0.2) is 29.9 Å². The van der Waals surface area contributed by atoms with Gasteiger partial charge in [0.25, 0.3) is 0 Å². The number of nitrogen functional groups attached to an aromatic ring is 1. The summed E-state index contributed by atoms with van der Waals surface area (Å²) in [6, 6.07) is 3.43. The maximum absolute atomic E-state index is 13.2. The predicted molar refractivity (Wildman–Crippen MR) is 99.5 cm³/mol. The SMILES string of the molecule is C/C=C(\C(=C/C)C(F)(F)F)c1cc(N2CCCCC2)cc(N)n1.CC. The van der Waals surface area contributed by atoms with E-state index < -0.39 is 11.7 Å². The summed E-state index contributed by atoms with van der Waals surface area (Å²) in [4.78, 5) is 6.28. The van der Waals surface area contributed by atoms with Crippen molar-refractivity contribution < 1.29 is 13.2 Å². The molecule has 2 N–H and O–H groups in total. The van der Waals surface area contributed by atoms with E-state index in [1.54, 1.807) is 19.1 Å². The Balaban J connectivity index is 0.00000151. The highest BCUT2D eigenvalue weighted by atomic mass is 19.4. The Labute approximate surface area is 148 Å². The highest BCUT2D eigenvalue weighted by Gasteiger charge is 2.36. The van der Waals surface area contributed by atoms with Gasteiger partial charge in [0.2, 0.25) is 0 Å². The van der Waals surface area contributed by atoms with Crippen LogP contribution in [0, 0.1) is 0 Å². The fourth-order valence-electron chi connectivity index (χ4n) is 2.92. The lowest BCUT2D eigenvalue weighted by Gasteiger charge is -2.29. The van der Waals surface area contributed by atoms with Crippen LogP contribution in [0.3, 0.4) is 0 Å². The first-order valence-electron chi connectivity index (χ1n) is 8.80. The number of nitrogens with two attached hydrogens (primary N) is 1. The molecule has 6 heteroatoms. The number of pyridine rings is 1. The normalized spacial score (nSPS) is 16.4. The van der Waals surface area contributed by atoms with Gasteiger partial charge in [-0.3, -0.25) is 0 Å². The van der Waals surface area contributed by atoms with Gasteiger partial charge in [-0.05, 0) is 39.2 Å². The summed E-state index contributed by atoms with van der Waals surface area (Å²) in [5.74, 6) is 0.236. The molecule has 1 aromatic rings. The zero-order valence-electron chi connectivity index (χ0n) is 15.5. The second-order valence-corrected chi connectivity index (χ2v) is 5.59. The van der Waals surface area contributed by atoms with E-state index in [-0.39, 0.29) is 17.1 Å². The molecule has 0 amide bonds. The van der Waals surface area contributed by atoms with Crippen LogP contribution >= 0.6 is 0 Å². The smallest absolute Gasteiger partial charge is 0.384 e. The van der Waals surface area contributed by atoms with Gasteiger partial charge in [0.05, 0.1) is 11.3 Å². The lowest BCUT2D eigenvalue weighted by atomic mass is 10.0. The first kappa shape index (κ1) is 21.1. The molecule has 25 heavy (non-hydrogen) atoms. The number of hydrogen-bond acceptors (Lipinski definition) is 3. The van der Waals surface area contributed by atoms with Crippen LogP contribution < -0.4 is 10.6 Å². The van der Waals surface area contributed by atoms with Gasteiger partial charge in [-0.25, -0.2) is 4.98 Å². The molecule has 0 atom stereocenters. The number of aromatic nitrogens is 1. The molecule has 0 unspecified atom stereocenters. The minimum Gasteiger partial charge on any atom is -0.384 e. The van der Waals surface area contributed by atoms with Crippen molar-refractivity contribution >= 4 is 17.1 Å². The summed E-state index contributed by atoms with van der Waals surface area (Å²) in [5, 5.41) is 0. The van der Waals surface area contributed by atoms with Crippen molar-refractivity contribution in [1.29, 1.82) is 0 Å². The van der Waals surface area contributed by atoms with E-state index in [1.165, 1.54) is 19.4 Å². The van der Waals surface area contributed by atoms with Crippen LogP contribution in [0.2, 0.25) is 0 Å². The average Bonchev–Trinajstić information content (AvgIpc) is 2.60. The van der Waals surface area contributed by atoms with E-state index in [4.69, 9.17) is 5.73 Å². The fraction of sp³-hybridized carbons (Fsp3) is 0.526. The van der Waals surface area contributed by atoms with Gasteiger partial charge in [0.1, 0.15) is 5.82 Å². The van der Waals surface area contributed by atoms with Crippen LogP contribution in [0.4, 0.5) is 24.7 Å². The third kappa shape index (κ3) is 5.51.